The molecule has 0 saturated carbocycles. The molecule has 0 aromatic heterocycles. The zero-order valence-corrected chi connectivity index (χ0v) is 25.0. The van der Waals surface area contributed by atoms with E-state index in [9.17, 15) is 21.6 Å². The van der Waals surface area contributed by atoms with Crippen molar-refractivity contribution in [3.05, 3.63) is 113 Å². The summed E-state index contributed by atoms with van der Waals surface area (Å²) in [5.74, 6) is -0.574. The Balaban J connectivity index is 1.55. The van der Waals surface area contributed by atoms with Gasteiger partial charge in [-0.05, 0) is 98.5 Å². The first-order valence-corrected chi connectivity index (χ1v) is 16.0. The van der Waals surface area contributed by atoms with Crippen molar-refractivity contribution >= 4 is 43.0 Å². The molecule has 0 heterocycles. The molecular formula is C31H33N3O5S2. The smallest absolute Gasteiger partial charge is 0.264 e. The molecular weight excluding hydrogens is 558 g/mol. The summed E-state index contributed by atoms with van der Waals surface area (Å²) >= 11 is 0. The molecule has 214 valence electrons. The standard InChI is InChI=1S/C31H33N3O5S2/c1-5-25-8-6-7-9-30(25)34(41(38,39)29-16-10-22(2)11-17-29)21-31(35)32-26-14-18-28(19-15-26)40(36,37)33-27-13-12-23(3)24(4)20-27/h6-20,33H,5,21H2,1-4H3,(H,32,35). The predicted molar refractivity (Wildman–Crippen MR) is 163 cm³/mol. The van der Waals surface area contributed by atoms with Gasteiger partial charge in [0.05, 0.1) is 15.5 Å². The summed E-state index contributed by atoms with van der Waals surface area (Å²) in [6, 6.07) is 24.5. The molecule has 41 heavy (non-hydrogen) atoms. The second-order valence-corrected chi connectivity index (χ2v) is 13.3. The number of rotatable bonds is 10. The molecule has 0 radical (unpaired) electrons. The molecule has 0 unspecified atom stereocenters. The van der Waals surface area contributed by atoms with Gasteiger partial charge in [-0.2, -0.15) is 0 Å². The molecule has 0 fully saturated rings. The number of hydrogen-bond donors (Lipinski definition) is 2. The Morgan fingerprint density at radius 3 is 1.98 bits per heavy atom. The summed E-state index contributed by atoms with van der Waals surface area (Å²) in [5, 5.41) is 2.69. The third-order valence-corrected chi connectivity index (χ3v) is 9.92. The number of benzene rings is 4. The molecule has 0 aliphatic rings. The summed E-state index contributed by atoms with van der Waals surface area (Å²) in [6.45, 7) is 7.16. The zero-order valence-electron chi connectivity index (χ0n) is 23.4. The Hall–Kier alpha value is -4.15. The van der Waals surface area contributed by atoms with E-state index in [1.807, 2.05) is 45.9 Å². The third-order valence-electron chi connectivity index (χ3n) is 6.74. The molecule has 10 heteroatoms. The van der Waals surface area contributed by atoms with Crippen LogP contribution in [0.15, 0.2) is 101 Å². The molecule has 0 spiro atoms. The molecule has 0 saturated heterocycles. The van der Waals surface area contributed by atoms with Gasteiger partial charge in [-0.15, -0.1) is 0 Å². The number of nitrogens with zero attached hydrogens (tertiary/aromatic N) is 1. The first-order valence-electron chi connectivity index (χ1n) is 13.1. The highest BCUT2D eigenvalue weighted by Gasteiger charge is 2.28. The van der Waals surface area contributed by atoms with Gasteiger partial charge in [0.25, 0.3) is 20.0 Å². The van der Waals surface area contributed by atoms with E-state index in [-0.39, 0.29) is 9.79 Å². The van der Waals surface area contributed by atoms with E-state index in [0.717, 1.165) is 26.6 Å². The van der Waals surface area contributed by atoms with Crippen LogP contribution in [-0.4, -0.2) is 29.3 Å². The number of aryl methyl sites for hydroxylation is 4. The minimum absolute atomic E-state index is 0.0224. The average Bonchev–Trinajstić information content (AvgIpc) is 2.94. The van der Waals surface area contributed by atoms with Gasteiger partial charge in [-0.1, -0.05) is 48.9 Å². The maximum absolute atomic E-state index is 13.7. The monoisotopic (exact) mass is 591 g/mol. The number of hydrogen-bond acceptors (Lipinski definition) is 5. The van der Waals surface area contributed by atoms with Crippen LogP contribution in [0.5, 0.6) is 0 Å². The van der Waals surface area contributed by atoms with Gasteiger partial charge >= 0.3 is 0 Å². The van der Waals surface area contributed by atoms with Gasteiger partial charge in [0.1, 0.15) is 6.54 Å². The van der Waals surface area contributed by atoms with Crippen LogP contribution in [0.1, 0.15) is 29.2 Å². The van der Waals surface area contributed by atoms with E-state index in [0.29, 0.717) is 23.5 Å². The fourth-order valence-corrected chi connectivity index (χ4v) is 6.77. The lowest BCUT2D eigenvalue weighted by Crippen LogP contribution is -2.38. The quantitative estimate of drug-likeness (QED) is 0.242. The number of nitrogens with one attached hydrogen (secondary N) is 2. The van der Waals surface area contributed by atoms with Gasteiger partial charge in [-0.25, -0.2) is 16.8 Å². The van der Waals surface area contributed by atoms with Crippen molar-refractivity contribution < 1.29 is 21.6 Å². The average molecular weight is 592 g/mol. The molecule has 4 rings (SSSR count). The summed E-state index contributed by atoms with van der Waals surface area (Å²) in [5.41, 5.74) is 4.91. The molecule has 0 aliphatic carbocycles. The molecule has 2 N–H and O–H groups in total. The topological polar surface area (TPSA) is 113 Å². The van der Waals surface area contributed by atoms with Crippen LogP contribution < -0.4 is 14.3 Å². The van der Waals surface area contributed by atoms with E-state index in [2.05, 4.69) is 10.0 Å². The van der Waals surface area contributed by atoms with Gasteiger partial charge in [0, 0.05) is 11.4 Å². The van der Waals surface area contributed by atoms with Crippen LogP contribution in [0.3, 0.4) is 0 Å². The lowest BCUT2D eigenvalue weighted by molar-refractivity contribution is -0.114. The van der Waals surface area contributed by atoms with Gasteiger partial charge in [-0.3, -0.25) is 13.8 Å². The van der Waals surface area contributed by atoms with Crippen molar-refractivity contribution in [3.8, 4) is 0 Å². The van der Waals surface area contributed by atoms with Crippen molar-refractivity contribution in [2.75, 3.05) is 20.9 Å². The first kappa shape index (κ1) is 29.8. The molecule has 1 amide bonds. The van der Waals surface area contributed by atoms with Gasteiger partial charge < -0.3 is 5.32 Å². The van der Waals surface area contributed by atoms with Crippen LogP contribution in [0.25, 0.3) is 0 Å². The van der Waals surface area contributed by atoms with Crippen molar-refractivity contribution in [3.63, 3.8) is 0 Å². The number of para-hydroxylation sites is 1. The third kappa shape index (κ3) is 6.96. The number of carbonyl (C=O) groups is 1. The maximum atomic E-state index is 13.7. The summed E-state index contributed by atoms with van der Waals surface area (Å²) in [4.78, 5) is 13.3. The van der Waals surface area contributed by atoms with Crippen LogP contribution in [0.2, 0.25) is 0 Å². The SMILES string of the molecule is CCc1ccccc1N(CC(=O)Nc1ccc(S(=O)(=O)Nc2ccc(C)c(C)c2)cc1)S(=O)(=O)c1ccc(C)cc1. The number of sulfonamides is 2. The van der Waals surface area contributed by atoms with Crippen molar-refractivity contribution in [1.29, 1.82) is 0 Å². The van der Waals surface area contributed by atoms with Crippen molar-refractivity contribution in [2.24, 2.45) is 0 Å². The minimum atomic E-state index is -4.07. The molecule has 4 aromatic rings. The van der Waals surface area contributed by atoms with Crippen LogP contribution in [0.4, 0.5) is 17.1 Å². The summed E-state index contributed by atoms with van der Waals surface area (Å²) in [6.07, 6.45) is 0.573. The molecule has 0 atom stereocenters. The highest BCUT2D eigenvalue weighted by molar-refractivity contribution is 7.93. The van der Waals surface area contributed by atoms with E-state index in [4.69, 9.17) is 0 Å². The lowest BCUT2D eigenvalue weighted by Gasteiger charge is -2.26. The molecule has 4 aromatic carbocycles. The Labute approximate surface area is 242 Å². The lowest BCUT2D eigenvalue weighted by atomic mass is 10.1. The fourth-order valence-electron chi connectivity index (χ4n) is 4.26. The van der Waals surface area contributed by atoms with Crippen molar-refractivity contribution in [2.45, 2.75) is 43.9 Å². The van der Waals surface area contributed by atoms with Gasteiger partial charge in [0.2, 0.25) is 5.91 Å². The van der Waals surface area contributed by atoms with E-state index in [1.165, 1.54) is 36.4 Å². The Bertz CT molecular complexity index is 1770. The first-order chi connectivity index (χ1) is 19.4. The maximum Gasteiger partial charge on any atom is 0.264 e. The minimum Gasteiger partial charge on any atom is -0.325 e. The normalized spacial score (nSPS) is 11.6. The van der Waals surface area contributed by atoms with Gasteiger partial charge in [0.15, 0.2) is 0 Å². The number of amides is 1. The number of anilines is 3. The second kappa shape index (κ2) is 12.2. The number of carbonyl (C=O) groups excluding carboxylic acids is 1. The summed E-state index contributed by atoms with van der Waals surface area (Å²) < 4.78 is 56.9. The molecule has 0 bridgehead atoms. The van der Waals surface area contributed by atoms with E-state index in [1.54, 1.807) is 36.4 Å². The highest BCUT2D eigenvalue weighted by atomic mass is 32.2. The zero-order chi connectivity index (χ0) is 29.8. The van der Waals surface area contributed by atoms with Crippen molar-refractivity contribution in [1.82, 2.24) is 0 Å². The molecule has 0 aliphatic heterocycles. The van der Waals surface area contributed by atoms with Crippen LogP contribution in [0, 0.1) is 20.8 Å². The highest BCUT2D eigenvalue weighted by Crippen LogP contribution is 2.28. The largest absolute Gasteiger partial charge is 0.325 e. The van der Waals surface area contributed by atoms with E-state index >= 15 is 0 Å². The second-order valence-electron chi connectivity index (χ2n) is 9.78. The molecule has 8 nitrogen and oxygen atoms in total. The van der Waals surface area contributed by atoms with Crippen LogP contribution >= 0.6 is 0 Å². The Morgan fingerprint density at radius 2 is 1.34 bits per heavy atom. The van der Waals surface area contributed by atoms with Crippen LogP contribution in [-0.2, 0) is 31.3 Å². The fraction of sp³-hybridized carbons (Fsp3) is 0.194. The predicted octanol–water partition coefficient (Wildman–Crippen LogP) is 5.81. The Kier molecular flexibility index (Phi) is 8.84. The van der Waals surface area contributed by atoms with E-state index < -0.39 is 32.5 Å². The summed E-state index contributed by atoms with van der Waals surface area (Å²) in [7, 11) is -7.92. The Morgan fingerprint density at radius 1 is 0.732 bits per heavy atom.